The Balaban J connectivity index is 2.69. The molecule has 3 atom stereocenters. The highest BCUT2D eigenvalue weighted by atomic mass is 16.2. The Labute approximate surface area is 179 Å². The van der Waals surface area contributed by atoms with Crippen LogP contribution < -0.4 is 10.6 Å². The van der Waals surface area contributed by atoms with Crippen LogP contribution in [0.5, 0.6) is 0 Å². The van der Waals surface area contributed by atoms with Crippen molar-refractivity contribution in [2.75, 3.05) is 46.3 Å². The highest BCUT2D eigenvalue weighted by Crippen LogP contribution is 2.26. The van der Waals surface area contributed by atoms with Gasteiger partial charge >= 0.3 is 0 Å². The van der Waals surface area contributed by atoms with Crippen LogP contribution in [0, 0.1) is 23.2 Å². The third kappa shape index (κ3) is 8.25. The van der Waals surface area contributed by atoms with Gasteiger partial charge in [0, 0.05) is 31.7 Å². The van der Waals surface area contributed by atoms with E-state index >= 15 is 0 Å². The zero-order valence-corrected chi connectivity index (χ0v) is 20.4. The summed E-state index contributed by atoms with van der Waals surface area (Å²) in [6, 6.07) is 0. The van der Waals surface area contributed by atoms with Gasteiger partial charge in [0.2, 0.25) is 11.8 Å². The van der Waals surface area contributed by atoms with E-state index < -0.39 is 0 Å². The number of nitrogens with zero attached hydrogens (tertiary/aromatic N) is 2. The molecule has 170 valence electrons. The van der Waals surface area contributed by atoms with Crippen molar-refractivity contribution in [1.29, 1.82) is 0 Å². The van der Waals surface area contributed by atoms with E-state index in [1.54, 1.807) is 0 Å². The molecule has 2 N–H and O–H groups in total. The number of rotatable bonds is 10. The van der Waals surface area contributed by atoms with Crippen molar-refractivity contribution >= 4 is 11.8 Å². The largest absolute Gasteiger partial charge is 0.356 e. The van der Waals surface area contributed by atoms with Gasteiger partial charge < -0.3 is 15.5 Å². The molecule has 1 heterocycles. The van der Waals surface area contributed by atoms with Crippen LogP contribution in [0.2, 0.25) is 0 Å². The second-order valence-corrected chi connectivity index (χ2v) is 10.7. The highest BCUT2D eigenvalue weighted by molar-refractivity contribution is 5.88. The second-order valence-electron chi connectivity index (χ2n) is 10.7. The smallest absolute Gasteiger partial charge is 0.225 e. The molecule has 1 saturated heterocycles. The first-order valence-electron chi connectivity index (χ1n) is 11.3. The van der Waals surface area contributed by atoms with Crippen LogP contribution in [-0.2, 0) is 9.59 Å². The molecule has 6 nitrogen and oxygen atoms in total. The molecule has 0 bridgehead atoms. The van der Waals surface area contributed by atoms with Crippen molar-refractivity contribution in [2.45, 2.75) is 67.3 Å². The van der Waals surface area contributed by atoms with Crippen molar-refractivity contribution < 1.29 is 9.59 Å². The zero-order chi connectivity index (χ0) is 22.4. The molecular weight excluding hydrogens is 364 g/mol. The van der Waals surface area contributed by atoms with Gasteiger partial charge in [0.25, 0.3) is 0 Å². The molecule has 1 rings (SSSR count). The molecule has 0 aromatic carbocycles. The summed E-state index contributed by atoms with van der Waals surface area (Å²) in [6.07, 6.45) is 1.06. The minimum atomic E-state index is -0.282. The van der Waals surface area contributed by atoms with Crippen LogP contribution >= 0.6 is 0 Å². The second kappa shape index (κ2) is 10.8. The number of hydrogen-bond donors (Lipinski definition) is 2. The Bertz CT molecular complexity index is 541. The molecule has 1 fully saturated rings. The van der Waals surface area contributed by atoms with Crippen molar-refractivity contribution in [3.05, 3.63) is 0 Å². The van der Waals surface area contributed by atoms with E-state index in [2.05, 4.69) is 82.9 Å². The van der Waals surface area contributed by atoms with Gasteiger partial charge in [-0.1, -0.05) is 41.5 Å². The van der Waals surface area contributed by atoms with E-state index in [9.17, 15) is 9.59 Å². The molecule has 2 amide bonds. The molecule has 1 aliphatic rings. The predicted molar refractivity (Wildman–Crippen MR) is 121 cm³/mol. The van der Waals surface area contributed by atoms with Gasteiger partial charge in [0.15, 0.2) is 0 Å². The van der Waals surface area contributed by atoms with Gasteiger partial charge in [0.1, 0.15) is 0 Å². The van der Waals surface area contributed by atoms with Crippen LogP contribution in [0.3, 0.4) is 0 Å². The number of likely N-dealkylation sites (tertiary alicyclic amines) is 1. The maximum atomic E-state index is 13.0. The molecule has 0 aromatic heterocycles. The number of nitrogens with one attached hydrogen (secondary N) is 2. The molecule has 0 aliphatic carbocycles. The Morgan fingerprint density at radius 2 is 1.55 bits per heavy atom. The Hall–Kier alpha value is -1.14. The van der Waals surface area contributed by atoms with Crippen molar-refractivity contribution in [1.82, 2.24) is 20.4 Å². The van der Waals surface area contributed by atoms with Crippen molar-refractivity contribution in [3.8, 4) is 0 Å². The lowest BCUT2D eigenvalue weighted by Crippen LogP contribution is -2.52. The number of amides is 2. The van der Waals surface area contributed by atoms with Crippen LogP contribution in [0.1, 0.15) is 61.8 Å². The molecule has 6 heteroatoms. The maximum absolute atomic E-state index is 13.0. The molecule has 3 unspecified atom stereocenters. The quantitative estimate of drug-likeness (QED) is 0.581. The maximum Gasteiger partial charge on any atom is 0.225 e. The summed E-state index contributed by atoms with van der Waals surface area (Å²) in [5.74, 6) is -0.118. The third-order valence-electron chi connectivity index (χ3n) is 6.30. The van der Waals surface area contributed by atoms with E-state index in [1.165, 1.54) is 0 Å². The number of hydrogen-bond acceptors (Lipinski definition) is 4. The Morgan fingerprint density at radius 3 is 2.00 bits per heavy atom. The zero-order valence-electron chi connectivity index (χ0n) is 20.4. The van der Waals surface area contributed by atoms with Crippen LogP contribution in [0.15, 0.2) is 0 Å². The van der Waals surface area contributed by atoms with E-state index in [0.717, 1.165) is 19.5 Å². The van der Waals surface area contributed by atoms with Crippen LogP contribution in [0.25, 0.3) is 0 Å². The first kappa shape index (κ1) is 25.9. The molecule has 0 spiro atoms. The molecule has 29 heavy (non-hydrogen) atoms. The standard InChI is InChI=1S/C23H46N4O2/c1-10-26(9)23(7,8)16-25-21(29)19-15-27(11-2)14-18(19)20(28)24-13-17(3)12-22(4,5)6/h17-19H,10-16H2,1-9H3,(H,24,28)(H,25,29). The van der Waals surface area contributed by atoms with Gasteiger partial charge in [-0.2, -0.15) is 0 Å². The number of carbonyl (C=O) groups excluding carboxylic acids is 2. The van der Waals surface area contributed by atoms with E-state index in [4.69, 9.17) is 0 Å². The SMILES string of the molecule is CCN1CC(C(=O)NCC(C)CC(C)(C)C)C(C(=O)NCC(C)(C)N(C)CC)C1. The summed E-state index contributed by atoms with van der Waals surface area (Å²) in [5, 5.41) is 6.24. The van der Waals surface area contributed by atoms with Gasteiger partial charge in [-0.3, -0.25) is 14.5 Å². The fraction of sp³-hybridized carbons (Fsp3) is 0.913. The number of carbonyl (C=O) groups is 2. The summed E-state index contributed by atoms with van der Waals surface area (Å²) in [7, 11) is 2.07. The first-order chi connectivity index (χ1) is 13.3. The fourth-order valence-corrected chi connectivity index (χ4v) is 4.20. The average Bonchev–Trinajstić information content (AvgIpc) is 3.06. The fourth-order valence-electron chi connectivity index (χ4n) is 4.20. The molecular formula is C23H46N4O2. The average molecular weight is 411 g/mol. The molecule has 0 radical (unpaired) electrons. The molecule has 0 aromatic rings. The van der Waals surface area contributed by atoms with E-state index in [-0.39, 0.29) is 34.6 Å². The van der Waals surface area contributed by atoms with Crippen molar-refractivity contribution in [2.24, 2.45) is 23.2 Å². The van der Waals surface area contributed by atoms with Gasteiger partial charge in [0.05, 0.1) is 11.8 Å². The first-order valence-corrected chi connectivity index (χ1v) is 11.3. The lowest BCUT2D eigenvalue weighted by Gasteiger charge is -2.35. The topological polar surface area (TPSA) is 64.7 Å². The summed E-state index contributed by atoms with van der Waals surface area (Å²) in [6.45, 7) is 21.6. The van der Waals surface area contributed by atoms with Gasteiger partial charge in [-0.05, 0) is 51.7 Å². The lowest BCUT2D eigenvalue weighted by atomic mass is 9.85. The minimum absolute atomic E-state index is 0.00131. The van der Waals surface area contributed by atoms with Gasteiger partial charge in [-0.25, -0.2) is 0 Å². The number of likely N-dealkylation sites (N-methyl/N-ethyl adjacent to an activating group) is 1. The highest BCUT2D eigenvalue weighted by Gasteiger charge is 2.41. The summed E-state index contributed by atoms with van der Waals surface area (Å²) < 4.78 is 0. The summed E-state index contributed by atoms with van der Waals surface area (Å²) in [5.41, 5.74) is 0.130. The molecule has 0 saturated carbocycles. The van der Waals surface area contributed by atoms with Crippen LogP contribution in [-0.4, -0.2) is 73.5 Å². The van der Waals surface area contributed by atoms with E-state index in [1.807, 2.05) is 0 Å². The Morgan fingerprint density at radius 1 is 1.03 bits per heavy atom. The third-order valence-corrected chi connectivity index (χ3v) is 6.30. The summed E-state index contributed by atoms with van der Waals surface area (Å²) in [4.78, 5) is 30.3. The lowest BCUT2D eigenvalue weighted by molar-refractivity contribution is -0.133. The monoisotopic (exact) mass is 410 g/mol. The predicted octanol–water partition coefficient (Wildman–Crippen LogP) is 2.59. The van der Waals surface area contributed by atoms with E-state index in [0.29, 0.717) is 32.1 Å². The summed E-state index contributed by atoms with van der Waals surface area (Å²) >= 11 is 0. The normalized spacial score (nSPS) is 22.0. The van der Waals surface area contributed by atoms with Gasteiger partial charge in [-0.15, -0.1) is 0 Å². The minimum Gasteiger partial charge on any atom is -0.356 e. The molecule has 1 aliphatic heterocycles. The Kier molecular flexibility index (Phi) is 9.61. The van der Waals surface area contributed by atoms with Crippen LogP contribution in [0.4, 0.5) is 0 Å². The van der Waals surface area contributed by atoms with Crippen molar-refractivity contribution in [3.63, 3.8) is 0 Å².